The fraction of sp³-hybridized carbons (Fsp3) is 0.588. The topological polar surface area (TPSA) is 94.0 Å². The molecule has 2 unspecified atom stereocenters. The van der Waals surface area contributed by atoms with Crippen molar-refractivity contribution in [2.75, 3.05) is 6.54 Å². The Morgan fingerprint density at radius 1 is 1.40 bits per heavy atom. The largest absolute Gasteiger partial charge is 0.353 e. The maximum absolute atomic E-state index is 12.1. The van der Waals surface area contributed by atoms with E-state index in [4.69, 9.17) is 10.3 Å². The third-order valence-corrected chi connectivity index (χ3v) is 5.43. The molecule has 2 heterocycles. The molecule has 0 spiro atoms. The van der Waals surface area contributed by atoms with Crippen molar-refractivity contribution in [3.8, 4) is 10.7 Å². The van der Waals surface area contributed by atoms with Crippen LogP contribution in [0.3, 0.4) is 0 Å². The minimum atomic E-state index is 0. The van der Waals surface area contributed by atoms with Gasteiger partial charge in [-0.3, -0.25) is 4.79 Å². The minimum absolute atomic E-state index is 0. The van der Waals surface area contributed by atoms with Gasteiger partial charge in [0.25, 0.3) is 0 Å². The Labute approximate surface area is 158 Å². The molecule has 138 valence electrons. The molecule has 1 amide bonds. The van der Waals surface area contributed by atoms with Crippen molar-refractivity contribution in [1.29, 1.82) is 0 Å². The molecule has 2 aromatic rings. The van der Waals surface area contributed by atoms with Crippen LogP contribution < -0.4 is 11.1 Å². The molecule has 0 aliphatic heterocycles. The third kappa shape index (κ3) is 5.52. The Balaban J connectivity index is 0.00000225. The van der Waals surface area contributed by atoms with E-state index in [1.807, 2.05) is 17.5 Å². The molecule has 8 heteroatoms. The molecule has 1 aliphatic rings. The first-order chi connectivity index (χ1) is 11.8. The van der Waals surface area contributed by atoms with Gasteiger partial charge in [-0.15, -0.1) is 23.7 Å². The summed E-state index contributed by atoms with van der Waals surface area (Å²) >= 11 is 1.58. The summed E-state index contributed by atoms with van der Waals surface area (Å²) < 4.78 is 5.25. The molecule has 0 radical (unpaired) electrons. The first-order valence-corrected chi connectivity index (χ1v) is 9.50. The lowest BCUT2D eigenvalue weighted by Crippen LogP contribution is -2.44. The summed E-state index contributed by atoms with van der Waals surface area (Å²) in [6.07, 6.45) is 6.36. The number of carbonyl (C=O) groups is 1. The maximum atomic E-state index is 12.1. The minimum Gasteiger partial charge on any atom is -0.353 e. The van der Waals surface area contributed by atoms with Crippen LogP contribution in [0.15, 0.2) is 22.0 Å². The summed E-state index contributed by atoms with van der Waals surface area (Å²) in [6.45, 7) is 0.651. The Hall–Kier alpha value is -1.44. The van der Waals surface area contributed by atoms with Gasteiger partial charge >= 0.3 is 0 Å². The van der Waals surface area contributed by atoms with E-state index < -0.39 is 0 Å². The number of nitrogens with one attached hydrogen (secondary N) is 1. The van der Waals surface area contributed by atoms with Crippen LogP contribution in [0.2, 0.25) is 0 Å². The van der Waals surface area contributed by atoms with Crippen LogP contribution in [0.25, 0.3) is 10.7 Å². The fourth-order valence-electron chi connectivity index (χ4n) is 3.22. The monoisotopic (exact) mass is 384 g/mol. The van der Waals surface area contributed by atoms with E-state index in [0.717, 1.165) is 17.7 Å². The number of halogens is 1. The Kier molecular flexibility index (Phi) is 7.87. The number of hydrogen-bond acceptors (Lipinski definition) is 6. The SMILES string of the molecule is Cl.NCC1CCCCC1NC(=O)CCCc1nc(-c2cccs2)no1. The van der Waals surface area contributed by atoms with E-state index in [1.54, 1.807) is 11.3 Å². The summed E-state index contributed by atoms with van der Waals surface area (Å²) in [6, 6.07) is 4.16. The second-order valence-corrected chi connectivity index (χ2v) is 7.24. The fourth-order valence-corrected chi connectivity index (χ4v) is 3.87. The number of carbonyl (C=O) groups excluding carboxylic acids is 1. The van der Waals surface area contributed by atoms with Gasteiger partial charge in [0.1, 0.15) is 0 Å². The van der Waals surface area contributed by atoms with Crippen molar-refractivity contribution in [1.82, 2.24) is 15.5 Å². The van der Waals surface area contributed by atoms with Crippen molar-refractivity contribution in [3.63, 3.8) is 0 Å². The lowest BCUT2D eigenvalue weighted by atomic mass is 9.84. The lowest BCUT2D eigenvalue weighted by molar-refractivity contribution is -0.122. The van der Waals surface area contributed by atoms with Crippen LogP contribution in [0.4, 0.5) is 0 Å². The van der Waals surface area contributed by atoms with Gasteiger partial charge in [-0.1, -0.05) is 24.1 Å². The number of hydrogen-bond donors (Lipinski definition) is 2. The highest BCUT2D eigenvalue weighted by Gasteiger charge is 2.25. The molecule has 3 rings (SSSR count). The van der Waals surface area contributed by atoms with Crippen molar-refractivity contribution in [2.24, 2.45) is 11.7 Å². The molecule has 0 aromatic carbocycles. The lowest BCUT2D eigenvalue weighted by Gasteiger charge is -2.31. The first-order valence-electron chi connectivity index (χ1n) is 8.62. The standard InChI is InChI=1S/C17H24N4O2S.ClH/c18-11-12-5-1-2-6-13(12)19-15(22)8-3-9-16-20-17(21-23-16)14-7-4-10-24-14;/h4,7,10,12-13H,1-3,5-6,8-9,11,18H2,(H,19,22);1H. The van der Waals surface area contributed by atoms with Gasteiger partial charge in [-0.2, -0.15) is 4.98 Å². The Morgan fingerprint density at radius 3 is 3.00 bits per heavy atom. The summed E-state index contributed by atoms with van der Waals surface area (Å²) in [5, 5.41) is 9.11. The molecule has 3 N–H and O–H groups in total. The van der Waals surface area contributed by atoms with Gasteiger partial charge in [0.2, 0.25) is 17.6 Å². The second kappa shape index (κ2) is 9.89. The molecule has 1 fully saturated rings. The van der Waals surface area contributed by atoms with E-state index >= 15 is 0 Å². The molecule has 1 saturated carbocycles. The smallest absolute Gasteiger partial charge is 0.226 e. The zero-order valence-corrected chi connectivity index (χ0v) is 15.8. The van der Waals surface area contributed by atoms with E-state index in [2.05, 4.69) is 15.5 Å². The van der Waals surface area contributed by atoms with Crippen LogP contribution in [0.5, 0.6) is 0 Å². The van der Waals surface area contributed by atoms with Crippen LogP contribution in [0, 0.1) is 5.92 Å². The van der Waals surface area contributed by atoms with E-state index in [1.165, 1.54) is 12.8 Å². The number of thiophene rings is 1. The number of nitrogens with two attached hydrogens (primary N) is 1. The summed E-state index contributed by atoms with van der Waals surface area (Å²) in [5.74, 6) is 1.73. The van der Waals surface area contributed by atoms with Gasteiger partial charge in [0.15, 0.2) is 0 Å². The molecule has 1 aliphatic carbocycles. The number of aromatic nitrogens is 2. The van der Waals surface area contributed by atoms with Crippen molar-refractivity contribution >= 4 is 29.7 Å². The maximum Gasteiger partial charge on any atom is 0.226 e. The van der Waals surface area contributed by atoms with Gasteiger partial charge in [-0.05, 0) is 43.2 Å². The van der Waals surface area contributed by atoms with Crippen molar-refractivity contribution in [3.05, 3.63) is 23.4 Å². The van der Waals surface area contributed by atoms with Crippen LogP contribution in [-0.4, -0.2) is 28.6 Å². The van der Waals surface area contributed by atoms with Gasteiger partial charge < -0.3 is 15.6 Å². The quantitative estimate of drug-likeness (QED) is 0.764. The molecule has 0 saturated heterocycles. The third-order valence-electron chi connectivity index (χ3n) is 4.56. The normalized spacial score (nSPS) is 20.0. The predicted octanol–water partition coefficient (Wildman–Crippen LogP) is 3.18. The molecule has 2 atom stereocenters. The van der Waals surface area contributed by atoms with Crippen LogP contribution >= 0.6 is 23.7 Å². The summed E-state index contributed by atoms with van der Waals surface area (Å²) in [4.78, 5) is 17.5. The van der Waals surface area contributed by atoms with Crippen molar-refractivity contribution < 1.29 is 9.32 Å². The first kappa shape index (κ1) is 19.9. The predicted molar refractivity (Wildman–Crippen MR) is 101 cm³/mol. The van der Waals surface area contributed by atoms with E-state index in [-0.39, 0.29) is 24.4 Å². The molecular weight excluding hydrogens is 360 g/mol. The van der Waals surface area contributed by atoms with Gasteiger partial charge in [0, 0.05) is 18.9 Å². The van der Waals surface area contributed by atoms with Gasteiger partial charge in [-0.25, -0.2) is 0 Å². The molecule has 6 nitrogen and oxygen atoms in total. The Bertz CT molecular complexity index is 647. The highest BCUT2D eigenvalue weighted by atomic mass is 35.5. The van der Waals surface area contributed by atoms with Crippen LogP contribution in [-0.2, 0) is 11.2 Å². The van der Waals surface area contributed by atoms with Gasteiger partial charge in [0.05, 0.1) is 4.88 Å². The van der Waals surface area contributed by atoms with E-state index in [0.29, 0.717) is 43.4 Å². The summed E-state index contributed by atoms with van der Waals surface area (Å²) in [7, 11) is 0. The average Bonchev–Trinajstić information content (AvgIpc) is 3.26. The molecule has 2 aromatic heterocycles. The number of aryl methyl sites for hydroxylation is 1. The highest BCUT2D eigenvalue weighted by molar-refractivity contribution is 7.13. The highest BCUT2D eigenvalue weighted by Crippen LogP contribution is 2.24. The Morgan fingerprint density at radius 2 is 2.24 bits per heavy atom. The van der Waals surface area contributed by atoms with E-state index in [9.17, 15) is 4.79 Å². The molecule has 0 bridgehead atoms. The zero-order chi connectivity index (χ0) is 16.8. The average molecular weight is 385 g/mol. The summed E-state index contributed by atoms with van der Waals surface area (Å²) in [5.41, 5.74) is 5.81. The molecular formula is C17H25ClN4O2S. The second-order valence-electron chi connectivity index (χ2n) is 6.30. The number of amides is 1. The number of nitrogens with zero attached hydrogens (tertiary/aromatic N) is 2. The zero-order valence-electron chi connectivity index (χ0n) is 14.1. The number of rotatable bonds is 7. The van der Waals surface area contributed by atoms with Crippen LogP contribution in [0.1, 0.15) is 44.4 Å². The molecule has 25 heavy (non-hydrogen) atoms. The van der Waals surface area contributed by atoms with Crippen molar-refractivity contribution in [2.45, 2.75) is 51.0 Å².